The quantitative estimate of drug-likeness (QED) is 0.611. The van der Waals surface area contributed by atoms with Crippen LogP contribution in [0.25, 0.3) is 0 Å². The predicted molar refractivity (Wildman–Crippen MR) is 71.7 cm³/mol. The summed E-state index contributed by atoms with van der Waals surface area (Å²) in [4.78, 5) is 1.65. The summed E-state index contributed by atoms with van der Waals surface area (Å²) in [7, 11) is 2.86. The Hall–Kier alpha value is -1.26. The van der Waals surface area contributed by atoms with Crippen molar-refractivity contribution in [2.75, 3.05) is 0 Å². The Bertz CT molecular complexity index is 425. The number of rotatable bonds is 5. The molecule has 0 unspecified atom stereocenters. The highest BCUT2D eigenvalue weighted by Crippen LogP contribution is 2.42. The average molecular weight is 252 g/mol. The Kier molecular flexibility index (Phi) is 5.08. The van der Waals surface area contributed by atoms with Gasteiger partial charge in [-0.3, -0.25) is 0 Å². The molecule has 1 aromatic carbocycles. The molecular weight excluding hydrogens is 240 g/mol. The van der Waals surface area contributed by atoms with Crippen LogP contribution in [0, 0.1) is 0 Å². The van der Waals surface area contributed by atoms with Gasteiger partial charge in [-0.15, -0.1) is 0 Å². The van der Waals surface area contributed by atoms with Crippen molar-refractivity contribution in [3.63, 3.8) is 0 Å². The molecular formula is C12H12O2S2. The summed E-state index contributed by atoms with van der Waals surface area (Å²) in [5.41, 5.74) is 0. The van der Waals surface area contributed by atoms with Gasteiger partial charge in [-0.1, -0.05) is 36.1 Å². The van der Waals surface area contributed by atoms with E-state index in [1.807, 2.05) is 6.08 Å². The first-order valence-corrected chi connectivity index (χ1v) is 6.64. The highest BCUT2D eigenvalue weighted by molar-refractivity contribution is 8.78. The summed E-state index contributed by atoms with van der Waals surface area (Å²) in [6.07, 6.45) is 5.24. The molecule has 0 aliphatic carbocycles. The molecule has 0 saturated carbocycles. The molecule has 2 nitrogen and oxygen atoms in total. The number of phenols is 2. The molecule has 0 aliphatic heterocycles. The molecule has 0 spiro atoms. The van der Waals surface area contributed by atoms with Gasteiger partial charge in [0.15, 0.2) is 0 Å². The lowest BCUT2D eigenvalue weighted by Crippen LogP contribution is -1.72. The van der Waals surface area contributed by atoms with Crippen molar-refractivity contribution >= 4 is 21.6 Å². The lowest BCUT2D eigenvalue weighted by atomic mass is 10.3. The zero-order valence-corrected chi connectivity index (χ0v) is 10.2. The maximum Gasteiger partial charge on any atom is 0.133 e. The summed E-state index contributed by atoms with van der Waals surface area (Å²) >= 11 is 0. The topological polar surface area (TPSA) is 40.5 Å². The fourth-order valence-corrected chi connectivity index (χ4v) is 2.94. The standard InChI is InChI=1S/C12H12O2S2/c1-3-5-10(4-2)15-16-12-7-6-9(13)8-11(12)14/h3-8,13-14H,1-2H2/b10-5+. The zero-order chi connectivity index (χ0) is 12.0. The molecule has 0 saturated heterocycles. The van der Waals surface area contributed by atoms with Gasteiger partial charge in [0.1, 0.15) is 11.5 Å². The van der Waals surface area contributed by atoms with Crippen molar-refractivity contribution in [2.45, 2.75) is 4.90 Å². The van der Waals surface area contributed by atoms with E-state index >= 15 is 0 Å². The van der Waals surface area contributed by atoms with E-state index in [1.54, 1.807) is 18.2 Å². The van der Waals surface area contributed by atoms with Gasteiger partial charge in [0.05, 0.1) is 4.90 Å². The number of aromatic hydroxyl groups is 2. The number of phenolic OH excluding ortho intramolecular Hbond substituents is 2. The van der Waals surface area contributed by atoms with Gasteiger partial charge in [0.2, 0.25) is 0 Å². The second-order valence-electron chi connectivity index (χ2n) is 2.83. The van der Waals surface area contributed by atoms with Gasteiger partial charge in [0.25, 0.3) is 0 Å². The normalized spacial score (nSPS) is 11.1. The fourth-order valence-electron chi connectivity index (χ4n) is 0.915. The van der Waals surface area contributed by atoms with Crippen LogP contribution in [0.1, 0.15) is 0 Å². The number of hydrogen-bond acceptors (Lipinski definition) is 4. The molecule has 1 rings (SSSR count). The minimum atomic E-state index is 0.0532. The summed E-state index contributed by atoms with van der Waals surface area (Å²) in [5, 5.41) is 18.7. The van der Waals surface area contributed by atoms with Crippen LogP contribution >= 0.6 is 21.6 Å². The van der Waals surface area contributed by atoms with Crippen LogP contribution in [0.4, 0.5) is 0 Å². The lowest BCUT2D eigenvalue weighted by Gasteiger charge is -2.04. The van der Waals surface area contributed by atoms with Crippen LogP contribution in [-0.4, -0.2) is 10.2 Å². The third kappa shape index (κ3) is 3.72. The molecule has 1 aromatic rings. The van der Waals surface area contributed by atoms with Gasteiger partial charge in [-0.05, 0) is 29.0 Å². The first-order chi connectivity index (χ1) is 7.67. The highest BCUT2D eigenvalue weighted by Gasteiger charge is 2.04. The van der Waals surface area contributed by atoms with Crippen LogP contribution in [-0.2, 0) is 0 Å². The van der Waals surface area contributed by atoms with E-state index in [9.17, 15) is 5.11 Å². The average Bonchev–Trinajstić information content (AvgIpc) is 2.26. The predicted octanol–water partition coefficient (Wildman–Crippen LogP) is 4.09. The maximum absolute atomic E-state index is 9.55. The van der Waals surface area contributed by atoms with Crippen molar-refractivity contribution in [3.8, 4) is 11.5 Å². The Morgan fingerprint density at radius 1 is 1.25 bits per heavy atom. The summed E-state index contributed by atoms with van der Waals surface area (Å²) in [5.74, 6) is 0.122. The molecule has 0 atom stereocenters. The monoisotopic (exact) mass is 252 g/mol. The summed E-state index contributed by atoms with van der Waals surface area (Å²) < 4.78 is 0. The Morgan fingerprint density at radius 2 is 2.00 bits per heavy atom. The van der Waals surface area contributed by atoms with E-state index in [4.69, 9.17) is 5.11 Å². The molecule has 0 heterocycles. The van der Waals surface area contributed by atoms with Crippen LogP contribution < -0.4 is 0 Å². The maximum atomic E-state index is 9.55. The van der Waals surface area contributed by atoms with E-state index in [-0.39, 0.29) is 11.5 Å². The van der Waals surface area contributed by atoms with Crippen molar-refractivity contribution in [2.24, 2.45) is 0 Å². The Labute approximate surface area is 103 Å². The minimum absolute atomic E-state index is 0.0532. The van der Waals surface area contributed by atoms with E-state index in [1.165, 1.54) is 33.7 Å². The van der Waals surface area contributed by atoms with Crippen LogP contribution in [0.3, 0.4) is 0 Å². The molecule has 0 aliphatic rings. The smallest absolute Gasteiger partial charge is 0.133 e. The fraction of sp³-hybridized carbons (Fsp3) is 0. The zero-order valence-electron chi connectivity index (χ0n) is 8.59. The van der Waals surface area contributed by atoms with Crippen molar-refractivity contribution in [1.82, 2.24) is 0 Å². The molecule has 4 heteroatoms. The largest absolute Gasteiger partial charge is 0.508 e. The lowest BCUT2D eigenvalue weighted by molar-refractivity contribution is 0.442. The number of benzene rings is 1. The second-order valence-corrected chi connectivity index (χ2v) is 5.07. The Balaban J connectivity index is 2.70. The minimum Gasteiger partial charge on any atom is -0.508 e. The van der Waals surface area contributed by atoms with Crippen molar-refractivity contribution < 1.29 is 10.2 Å². The van der Waals surface area contributed by atoms with Gasteiger partial charge in [0, 0.05) is 11.0 Å². The van der Waals surface area contributed by atoms with E-state index < -0.39 is 0 Å². The van der Waals surface area contributed by atoms with Crippen molar-refractivity contribution in [3.05, 3.63) is 54.5 Å². The van der Waals surface area contributed by atoms with Crippen LogP contribution in [0.2, 0.25) is 0 Å². The van der Waals surface area contributed by atoms with Gasteiger partial charge < -0.3 is 10.2 Å². The Morgan fingerprint density at radius 3 is 2.56 bits per heavy atom. The van der Waals surface area contributed by atoms with E-state index in [0.29, 0.717) is 4.90 Å². The van der Waals surface area contributed by atoms with E-state index in [2.05, 4.69) is 13.2 Å². The second kappa shape index (κ2) is 6.35. The molecule has 2 N–H and O–H groups in total. The van der Waals surface area contributed by atoms with Crippen LogP contribution in [0.5, 0.6) is 11.5 Å². The van der Waals surface area contributed by atoms with Gasteiger partial charge in [-0.25, -0.2) is 0 Å². The molecule has 0 radical (unpaired) electrons. The number of allylic oxidation sites excluding steroid dienone is 3. The third-order valence-corrected chi connectivity index (χ3v) is 4.12. The highest BCUT2D eigenvalue weighted by atomic mass is 33.1. The molecule has 0 bridgehead atoms. The first-order valence-electron chi connectivity index (χ1n) is 4.49. The SMILES string of the molecule is C=C/C=C(\C=C)SSc1ccc(O)cc1O. The van der Waals surface area contributed by atoms with Gasteiger partial charge >= 0.3 is 0 Å². The van der Waals surface area contributed by atoms with E-state index in [0.717, 1.165) is 4.91 Å². The van der Waals surface area contributed by atoms with Crippen LogP contribution in [0.15, 0.2) is 59.4 Å². The third-order valence-electron chi connectivity index (χ3n) is 1.65. The molecule has 0 fully saturated rings. The van der Waals surface area contributed by atoms with Gasteiger partial charge in [-0.2, -0.15) is 0 Å². The molecule has 0 amide bonds. The molecule has 16 heavy (non-hydrogen) atoms. The summed E-state index contributed by atoms with van der Waals surface area (Å²) in [6, 6.07) is 4.51. The molecule has 0 aromatic heterocycles. The van der Waals surface area contributed by atoms with Crippen molar-refractivity contribution in [1.29, 1.82) is 0 Å². The summed E-state index contributed by atoms with van der Waals surface area (Å²) in [6.45, 7) is 7.28. The first kappa shape index (κ1) is 12.8. The number of hydrogen-bond donors (Lipinski definition) is 2. The molecule has 84 valence electrons.